The zero-order chi connectivity index (χ0) is 104. The van der Waals surface area contributed by atoms with Gasteiger partial charge in [0.1, 0.15) is 28.2 Å². The minimum absolute atomic E-state index is 0. The van der Waals surface area contributed by atoms with Crippen LogP contribution in [-0.4, -0.2) is 109 Å². The molecule has 8 aromatic rings. The maximum Gasteiger partial charge on any atom is 1.00 e. The van der Waals surface area contributed by atoms with Crippen molar-refractivity contribution in [3.63, 3.8) is 0 Å². The standard InChI is InChI=1S/2C26H48P2.4C15H11O.C4H10O.C3H6O.6Au.2F6P/c2*1-5-13-23(14-6-1)27(24-15-7-2-8-16-24)21-22-28(25-17-9-3-10-18-25)26-19-11-4-12-20-26;4*1-2-15(16,13-9-5-3-6-10-13)14-11-7-4-8-12-14;1-3-5-4-2;1-3(2)4;;;;;;;2*1-7(2,3,4,5)6/h2*23-26H,1-22H2;4*3-12,16H;3-4H2,1-2H3;1-2H3;;;;;;;;/q;;4*-1;;;6*+1;2*-1. The minimum Gasteiger partial charge on any atom is -0.690 e. The van der Waals surface area contributed by atoms with E-state index in [2.05, 4.69) is 23.7 Å². The Labute approximate surface area is 984 Å². The van der Waals surface area contributed by atoms with Gasteiger partial charge in [0.05, 0.1) is 0 Å². The van der Waals surface area contributed by atoms with Gasteiger partial charge in [0, 0.05) is 13.2 Å². The Hall–Kier alpha value is -2.35. The second kappa shape index (κ2) is 72.1. The number of benzene rings is 8. The average molecular weight is 3280 g/mol. The molecule has 0 unspecified atom stereocenters. The number of carbonyl (C=O) groups is 1. The van der Waals surface area contributed by atoms with E-state index in [1.807, 2.05) is 159 Å². The summed E-state index contributed by atoms with van der Waals surface area (Å²) in [5.74, 6) is 9.03. The summed E-state index contributed by atoms with van der Waals surface area (Å²) in [7, 11) is -19.9. The number of ketones is 1. The topological polar surface area (TPSA) is 107 Å². The van der Waals surface area contributed by atoms with Crippen LogP contribution in [0.2, 0.25) is 0 Å². The van der Waals surface area contributed by atoms with E-state index in [0.29, 0.717) is 76.2 Å². The summed E-state index contributed by atoms with van der Waals surface area (Å²) in [5, 5.41) is 41.9. The van der Waals surface area contributed by atoms with Crippen molar-refractivity contribution >= 4 is 53.1 Å². The normalized spacial score (nSPS) is 17.6. The first-order valence-corrected chi connectivity index (χ1v) is 63.0. The number of halogens is 12. The van der Waals surface area contributed by atoms with Crippen molar-refractivity contribution in [2.24, 2.45) is 0 Å². The fraction of sp³-hybridized carbons (Fsp3) is 0.521. The number of ether oxygens (including phenoxy) is 1. The molecule has 0 saturated heterocycles. The first-order valence-electron chi connectivity index (χ1n) is 52.3. The molecule has 8 saturated carbocycles. The molecule has 0 spiro atoms. The molecule has 0 aliphatic heterocycles. The molecule has 8 aromatic carbocycles. The molecule has 30 heteroatoms. The summed E-state index contributed by atoms with van der Waals surface area (Å²) in [6, 6.07) is 72.9. The SMILES string of the molecule is C1CCC(P(CCP(C2CCCCC2)C2CCCCC2)C2CCCCC2)CC1.C1CCC(P(CCP(C2CCCCC2)C2CCCCC2)C2CCCCC2)CC1.CC(C)=O.CCOCC.F[P-](F)(F)(F)(F)F.F[P-](F)(F)(F)(F)F.[Au+].[Au+].[Au+].[Au+].[Au+].[Au+].[C-]#CC(O)(c1ccccc1)c1ccccc1.[C-]#CC(O)(c1ccccc1)c1ccccc1.[C-]#CC(O)(c1ccccc1)c1ccccc1.[C-]#CC(O)(c1ccccc1)c1ccccc1. The number of rotatable bonds is 24. The molecule has 4 N–H and O–H groups in total. The molecule has 8 aliphatic rings. The van der Waals surface area contributed by atoms with Gasteiger partial charge in [-0.1, -0.05) is 428 Å². The van der Waals surface area contributed by atoms with Crippen molar-refractivity contribution in [3.05, 3.63) is 313 Å². The predicted molar refractivity (Wildman–Crippen MR) is 580 cm³/mol. The largest absolute Gasteiger partial charge is 1.00 e. The van der Waals surface area contributed by atoms with Gasteiger partial charge in [-0.2, -0.15) is 0 Å². The molecule has 8 fully saturated rings. The molecule has 0 radical (unpaired) electrons. The van der Waals surface area contributed by atoms with Crippen LogP contribution < -0.4 is 0 Å². The third kappa shape index (κ3) is 57.0. The van der Waals surface area contributed by atoms with Gasteiger partial charge in [-0.25, -0.2) is 0 Å². The van der Waals surface area contributed by atoms with Gasteiger partial charge in [0.2, 0.25) is 0 Å². The van der Waals surface area contributed by atoms with E-state index in [1.165, 1.54) is 59.1 Å². The van der Waals surface area contributed by atoms with Gasteiger partial charge in [0.15, 0.2) is 0 Å². The van der Waals surface area contributed by atoms with Gasteiger partial charge in [0.25, 0.3) is 0 Å². The Morgan fingerprint density at radius 2 is 0.342 bits per heavy atom. The zero-order valence-corrected chi connectivity index (χ0v) is 105. The molecule has 149 heavy (non-hydrogen) atoms. The molecule has 0 atom stereocenters. The molecule has 16 rings (SSSR count). The molecular weight excluding hydrogens is 3120 g/mol. The van der Waals surface area contributed by atoms with E-state index in [-0.39, 0.29) is 140 Å². The first-order chi connectivity index (χ1) is 68.0. The van der Waals surface area contributed by atoms with Gasteiger partial charge < -0.3 is 79.3 Å². The number of hydrogen-bond donors (Lipinski definition) is 4. The summed E-state index contributed by atoms with van der Waals surface area (Å²) in [6.07, 6.45) is 99.5. The average Bonchev–Trinajstić information content (AvgIpc) is 0.783. The molecular formula is C119H156Au6F12O6P6. The van der Waals surface area contributed by atoms with Crippen LogP contribution in [0.1, 0.15) is 329 Å². The molecule has 6 nitrogen and oxygen atoms in total. The van der Waals surface area contributed by atoms with Crippen LogP contribution in [0, 0.1) is 49.4 Å². The quantitative estimate of drug-likeness (QED) is 0.0158. The Balaban J connectivity index is 0.000000862. The van der Waals surface area contributed by atoms with Crippen LogP contribution in [0.5, 0.6) is 0 Å². The minimum atomic E-state index is -10.7. The maximum absolute atomic E-state index is 10.7. The second-order valence-corrected chi connectivity index (χ2v) is 54.7. The maximum atomic E-state index is 10.5. The van der Waals surface area contributed by atoms with Crippen molar-refractivity contribution in [1.29, 1.82) is 0 Å². The fourth-order valence-corrected chi connectivity index (χ4v) is 38.5. The first kappa shape index (κ1) is 145. The molecule has 0 amide bonds. The van der Waals surface area contributed by atoms with Crippen LogP contribution >= 0.6 is 47.3 Å². The number of aliphatic hydroxyl groups is 4. The van der Waals surface area contributed by atoms with Crippen LogP contribution in [0.4, 0.5) is 50.4 Å². The summed E-state index contributed by atoms with van der Waals surface area (Å²) in [6.45, 7) is 8.72. The second-order valence-electron chi connectivity index (χ2n) is 39.2. The van der Waals surface area contributed by atoms with Gasteiger partial charge in [-0.15, -0.1) is 0 Å². The molecule has 848 valence electrons. The van der Waals surface area contributed by atoms with Crippen molar-refractivity contribution in [1.82, 2.24) is 0 Å². The van der Waals surface area contributed by atoms with Crippen molar-refractivity contribution < 1.29 is 215 Å². The summed E-state index contributed by atoms with van der Waals surface area (Å²) in [4.78, 5) is 9.44. The number of Topliss-reactive ketones (excluding diaryl/α,β-unsaturated/α-hetero) is 1. The molecule has 8 aliphatic carbocycles. The van der Waals surface area contributed by atoms with Crippen molar-refractivity contribution in [2.45, 2.75) is 352 Å². The summed E-state index contributed by atoms with van der Waals surface area (Å²) < 4.78 is 123. The van der Waals surface area contributed by atoms with Gasteiger partial charge in [-0.05, 0) is 245 Å². The number of hydrogen-bond acceptors (Lipinski definition) is 6. The van der Waals surface area contributed by atoms with Crippen LogP contribution in [0.25, 0.3) is 0 Å². The Bertz CT molecular complexity index is 4170. The predicted octanol–water partition coefficient (Wildman–Crippen LogP) is 37.0. The third-order valence-corrected chi connectivity index (χ3v) is 43.5. The van der Waals surface area contributed by atoms with Gasteiger partial charge >= 0.3 is 200 Å². The molecule has 0 bridgehead atoms. The molecule has 0 heterocycles. The smallest absolute Gasteiger partial charge is 0.690 e. The Morgan fingerprint density at radius 3 is 0.416 bits per heavy atom. The van der Waals surface area contributed by atoms with Crippen LogP contribution in [0.3, 0.4) is 0 Å². The van der Waals surface area contributed by atoms with E-state index < -0.39 is 38.0 Å². The van der Waals surface area contributed by atoms with Crippen LogP contribution in [-0.2, 0) is 166 Å². The molecule has 0 aromatic heterocycles. The Kier molecular flexibility index (Phi) is 70.0. The van der Waals surface area contributed by atoms with E-state index in [4.69, 9.17) is 30.4 Å². The van der Waals surface area contributed by atoms with E-state index >= 15 is 0 Å². The Morgan fingerprint density at radius 1 is 0.248 bits per heavy atom. The number of carbonyl (C=O) groups excluding carboxylic acids is 1. The fourth-order valence-electron chi connectivity index (χ4n) is 21.3. The third-order valence-electron chi connectivity index (χ3n) is 28.2. The summed E-state index contributed by atoms with van der Waals surface area (Å²) in [5.41, 5.74) is 8.83. The van der Waals surface area contributed by atoms with E-state index in [0.717, 1.165) is 13.2 Å². The van der Waals surface area contributed by atoms with E-state index in [1.54, 1.807) is 379 Å². The van der Waals surface area contributed by atoms with E-state index in [9.17, 15) is 75.6 Å². The monoisotopic (exact) mass is 3280 g/mol. The van der Waals surface area contributed by atoms with Crippen LogP contribution in [0.15, 0.2) is 243 Å². The zero-order valence-electron chi connectivity index (χ0n) is 86.4. The van der Waals surface area contributed by atoms with Crippen molar-refractivity contribution in [3.8, 4) is 23.7 Å². The van der Waals surface area contributed by atoms with Crippen molar-refractivity contribution in [2.75, 3.05) is 37.9 Å². The summed E-state index contributed by atoms with van der Waals surface area (Å²) >= 11 is 0. The van der Waals surface area contributed by atoms with Gasteiger partial charge in [-0.3, -0.25) is 0 Å².